The molecule has 1 aliphatic rings. The van der Waals surface area contributed by atoms with Crippen LogP contribution >= 0.6 is 11.3 Å². The summed E-state index contributed by atoms with van der Waals surface area (Å²) in [5.41, 5.74) is 3.24. The lowest BCUT2D eigenvalue weighted by molar-refractivity contribution is 0.0951. The lowest BCUT2D eigenvalue weighted by atomic mass is 10.0. The number of hydrogen-bond acceptors (Lipinski definition) is 3. The molecule has 122 valence electrons. The van der Waals surface area contributed by atoms with E-state index in [4.69, 9.17) is 0 Å². The fourth-order valence-corrected chi connectivity index (χ4v) is 3.70. The first-order chi connectivity index (χ1) is 11.2. The van der Waals surface area contributed by atoms with Gasteiger partial charge in [0.2, 0.25) is 0 Å². The number of nitrogens with zero attached hydrogens (tertiary/aromatic N) is 1. The Bertz CT molecular complexity index is 621. The molecule has 0 spiro atoms. The van der Waals surface area contributed by atoms with Crippen molar-refractivity contribution < 1.29 is 4.79 Å². The van der Waals surface area contributed by atoms with Crippen molar-refractivity contribution in [2.75, 3.05) is 6.54 Å². The highest BCUT2D eigenvalue weighted by atomic mass is 32.1. The lowest BCUT2D eigenvalue weighted by Gasteiger charge is -2.33. The molecule has 1 aromatic heterocycles. The molecule has 1 N–H and O–H groups in total. The summed E-state index contributed by atoms with van der Waals surface area (Å²) >= 11 is 1.54. The van der Waals surface area contributed by atoms with Crippen LogP contribution in [-0.4, -0.2) is 23.4 Å². The van der Waals surface area contributed by atoms with Crippen molar-refractivity contribution in [3.05, 3.63) is 57.8 Å². The van der Waals surface area contributed by atoms with Crippen molar-refractivity contribution >= 4 is 17.2 Å². The van der Waals surface area contributed by atoms with Crippen LogP contribution in [-0.2, 0) is 13.1 Å². The third kappa shape index (κ3) is 4.43. The highest BCUT2D eigenvalue weighted by molar-refractivity contribution is 7.08. The maximum Gasteiger partial charge on any atom is 0.252 e. The molecular weight excluding hydrogens is 304 g/mol. The van der Waals surface area contributed by atoms with E-state index in [0.29, 0.717) is 12.6 Å². The first-order valence-electron chi connectivity index (χ1n) is 8.34. The molecule has 0 bridgehead atoms. The summed E-state index contributed by atoms with van der Waals surface area (Å²) < 4.78 is 0. The molecule has 1 amide bonds. The maximum absolute atomic E-state index is 11.9. The summed E-state index contributed by atoms with van der Waals surface area (Å²) in [6.07, 6.45) is 3.99. The molecule has 1 atom stereocenters. The number of nitrogens with one attached hydrogen (secondary N) is 1. The van der Waals surface area contributed by atoms with Crippen molar-refractivity contribution in [1.29, 1.82) is 0 Å². The Morgan fingerprint density at radius 3 is 2.70 bits per heavy atom. The first-order valence-corrected chi connectivity index (χ1v) is 9.29. The number of rotatable bonds is 5. The van der Waals surface area contributed by atoms with Gasteiger partial charge >= 0.3 is 0 Å². The van der Waals surface area contributed by atoms with Gasteiger partial charge in [0.05, 0.1) is 0 Å². The van der Waals surface area contributed by atoms with Crippen molar-refractivity contribution in [2.45, 2.75) is 45.3 Å². The van der Waals surface area contributed by atoms with Crippen LogP contribution in [0.25, 0.3) is 0 Å². The van der Waals surface area contributed by atoms with Gasteiger partial charge in [0.15, 0.2) is 0 Å². The normalized spacial score (nSPS) is 18.7. The highest BCUT2D eigenvalue weighted by Crippen LogP contribution is 2.19. The van der Waals surface area contributed by atoms with Gasteiger partial charge in [-0.2, -0.15) is 11.3 Å². The molecular formula is C19H24N2OS. The average Bonchev–Trinajstić information content (AvgIpc) is 3.11. The predicted molar refractivity (Wildman–Crippen MR) is 95.7 cm³/mol. The molecule has 3 rings (SSSR count). The molecule has 2 heterocycles. The van der Waals surface area contributed by atoms with E-state index in [-0.39, 0.29) is 5.91 Å². The number of carbonyl (C=O) groups is 1. The zero-order valence-corrected chi connectivity index (χ0v) is 14.4. The number of likely N-dealkylation sites (tertiary alicyclic amines) is 1. The summed E-state index contributed by atoms with van der Waals surface area (Å²) in [5.74, 6) is -0.00234. The van der Waals surface area contributed by atoms with Crippen molar-refractivity contribution in [2.24, 2.45) is 0 Å². The van der Waals surface area contributed by atoms with Crippen molar-refractivity contribution in [3.63, 3.8) is 0 Å². The van der Waals surface area contributed by atoms with Gasteiger partial charge in [0.25, 0.3) is 5.91 Å². The van der Waals surface area contributed by atoms with E-state index in [2.05, 4.69) is 41.4 Å². The second-order valence-corrected chi connectivity index (χ2v) is 7.11. The molecule has 4 heteroatoms. The molecule has 23 heavy (non-hydrogen) atoms. The summed E-state index contributed by atoms with van der Waals surface area (Å²) in [7, 11) is 0. The van der Waals surface area contributed by atoms with Gasteiger partial charge in [-0.3, -0.25) is 9.69 Å². The van der Waals surface area contributed by atoms with Gasteiger partial charge in [0.1, 0.15) is 0 Å². The fraction of sp³-hybridized carbons (Fsp3) is 0.421. The van der Waals surface area contributed by atoms with Crippen LogP contribution in [0.15, 0.2) is 41.1 Å². The molecule has 0 radical (unpaired) electrons. The van der Waals surface area contributed by atoms with Crippen LogP contribution < -0.4 is 5.32 Å². The molecule has 3 nitrogen and oxygen atoms in total. The van der Waals surface area contributed by atoms with Crippen molar-refractivity contribution in [3.8, 4) is 0 Å². The standard InChI is InChI=1S/C19H24N2OS/c1-15-4-2-3-10-21(15)13-17-7-5-16(6-8-17)12-20-19(22)18-9-11-23-14-18/h5-9,11,14-15H,2-4,10,12-13H2,1H3,(H,20,22). The Kier molecular flexibility index (Phi) is 5.47. The Morgan fingerprint density at radius 1 is 1.22 bits per heavy atom. The quantitative estimate of drug-likeness (QED) is 0.898. The second-order valence-electron chi connectivity index (χ2n) is 6.33. The Labute approximate surface area is 142 Å². The summed E-state index contributed by atoms with van der Waals surface area (Å²) in [4.78, 5) is 14.5. The summed E-state index contributed by atoms with van der Waals surface area (Å²) in [5, 5.41) is 6.76. The third-order valence-corrected chi connectivity index (χ3v) is 5.27. The van der Waals surface area contributed by atoms with Crippen LogP contribution in [0.2, 0.25) is 0 Å². The van der Waals surface area contributed by atoms with E-state index in [1.165, 1.54) is 31.4 Å². The van der Waals surface area contributed by atoms with Crippen LogP contribution in [0.1, 0.15) is 47.7 Å². The van der Waals surface area contributed by atoms with Crippen molar-refractivity contribution in [1.82, 2.24) is 10.2 Å². The lowest BCUT2D eigenvalue weighted by Crippen LogP contribution is -2.36. The molecule has 1 aromatic carbocycles. The highest BCUT2D eigenvalue weighted by Gasteiger charge is 2.17. The SMILES string of the molecule is CC1CCCCN1Cc1ccc(CNC(=O)c2ccsc2)cc1. The topological polar surface area (TPSA) is 32.3 Å². The number of amides is 1. The minimum atomic E-state index is -0.00234. The van der Waals surface area contributed by atoms with Crippen LogP contribution in [0.4, 0.5) is 0 Å². The van der Waals surface area contributed by atoms with E-state index in [1.54, 1.807) is 11.3 Å². The summed E-state index contributed by atoms with van der Waals surface area (Å²) in [6, 6.07) is 11.2. The first kappa shape index (κ1) is 16.2. The number of carbonyl (C=O) groups excluding carboxylic acids is 1. The maximum atomic E-state index is 11.9. The third-order valence-electron chi connectivity index (χ3n) is 4.59. The van der Waals surface area contributed by atoms with Crippen LogP contribution in [0.5, 0.6) is 0 Å². The number of thiophene rings is 1. The number of benzene rings is 1. The van der Waals surface area contributed by atoms with Crippen LogP contribution in [0, 0.1) is 0 Å². The van der Waals surface area contributed by atoms with Crippen LogP contribution in [0.3, 0.4) is 0 Å². The van der Waals surface area contributed by atoms with E-state index in [9.17, 15) is 4.79 Å². The number of hydrogen-bond donors (Lipinski definition) is 1. The van der Waals surface area contributed by atoms with E-state index < -0.39 is 0 Å². The van der Waals surface area contributed by atoms with Gasteiger partial charge in [-0.05, 0) is 48.9 Å². The molecule has 2 aromatic rings. The number of piperidine rings is 1. The van der Waals surface area contributed by atoms with Gasteiger partial charge in [-0.15, -0.1) is 0 Å². The predicted octanol–water partition coefficient (Wildman–Crippen LogP) is 4.05. The fourth-order valence-electron chi connectivity index (χ4n) is 3.07. The van der Waals surface area contributed by atoms with E-state index >= 15 is 0 Å². The van der Waals surface area contributed by atoms with Gasteiger partial charge in [-0.25, -0.2) is 0 Å². The monoisotopic (exact) mass is 328 g/mol. The van der Waals surface area contributed by atoms with E-state index in [0.717, 1.165) is 17.7 Å². The largest absolute Gasteiger partial charge is 0.348 e. The molecule has 1 unspecified atom stereocenters. The Balaban J connectivity index is 1.51. The smallest absolute Gasteiger partial charge is 0.252 e. The molecule has 1 saturated heterocycles. The summed E-state index contributed by atoms with van der Waals surface area (Å²) in [6.45, 7) is 5.14. The van der Waals surface area contributed by atoms with E-state index in [1.807, 2.05) is 16.8 Å². The van der Waals surface area contributed by atoms with Gasteiger partial charge in [-0.1, -0.05) is 30.7 Å². The zero-order valence-electron chi connectivity index (χ0n) is 13.6. The second kappa shape index (κ2) is 7.75. The molecule has 0 saturated carbocycles. The Morgan fingerprint density at radius 2 is 2.00 bits per heavy atom. The molecule has 0 aliphatic carbocycles. The average molecular weight is 328 g/mol. The molecule has 1 fully saturated rings. The minimum absolute atomic E-state index is 0.00234. The van der Waals surface area contributed by atoms with Gasteiger partial charge < -0.3 is 5.32 Å². The minimum Gasteiger partial charge on any atom is -0.348 e. The molecule has 1 aliphatic heterocycles. The van der Waals surface area contributed by atoms with Gasteiger partial charge in [0, 0.05) is 30.1 Å². The Hall–Kier alpha value is -1.65. The zero-order chi connectivity index (χ0) is 16.1.